The topological polar surface area (TPSA) is 165 Å². The van der Waals surface area contributed by atoms with Crippen molar-refractivity contribution in [2.24, 2.45) is 17.6 Å². The van der Waals surface area contributed by atoms with Crippen molar-refractivity contribution in [1.29, 1.82) is 0 Å². The van der Waals surface area contributed by atoms with Crippen LogP contribution in [0, 0.1) is 11.8 Å². The molecular formula is C25H32IN3O7. The van der Waals surface area contributed by atoms with Crippen LogP contribution in [-0.2, 0) is 27.3 Å². The van der Waals surface area contributed by atoms with Crippen LogP contribution in [0.3, 0.4) is 0 Å². The number of halogens is 1. The van der Waals surface area contributed by atoms with E-state index in [1.807, 2.05) is 23.9 Å². The highest BCUT2D eigenvalue weighted by atomic mass is 127. The van der Waals surface area contributed by atoms with Crippen LogP contribution >= 0.6 is 22.6 Å². The number of nitrogens with zero attached hydrogens (tertiary/aromatic N) is 2. The van der Waals surface area contributed by atoms with Gasteiger partial charge >= 0.3 is 0 Å². The Morgan fingerprint density at radius 3 is 2.28 bits per heavy atom. The lowest BCUT2D eigenvalue weighted by molar-refractivity contribution is -0.153. The van der Waals surface area contributed by atoms with Gasteiger partial charge < -0.3 is 31.1 Å². The van der Waals surface area contributed by atoms with Gasteiger partial charge in [0.05, 0.1) is 11.6 Å². The lowest BCUT2D eigenvalue weighted by atomic mass is 9.57. The predicted octanol–water partition coefficient (Wildman–Crippen LogP) is 1.08. The number of phenols is 1. The number of likely N-dealkylation sites (N-methyl/N-ethyl adjacent to an activating group) is 1. The monoisotopic (exact) mass is 613 g/mol. The number of amides is 1. The standard InChI is InChI=1S/C24H29N3O7.CH3I/c1-26(2)9-10-5-6-14(28)16-12(10)7-11-8-13-18(27(3)4)20(30)17(23(25)33)22(32)24(13,34)21(31)15(11)19(16)29;1-2/h5-6,11,13,18,28-29,32,34H,7-9H2,1-4H3,(H2,25,33);1H3/t11-,13-,18+,24-;/m0./s1. The highest BCUT2D eigenvalue weighted by Gasteiger charge is 2.64. The summed E-state index contributed by atoms with van der Waals surface area (Å²) < 4.78 is 0. The smallest absolute Gasteiger partial charge is 0.255 e. The Balaban J connectivity index is 0.00000176. The largest absolute Gasteiger partial charge is 0.508 e. The quantitative estimate of drug-likeness (QED) is 0.190. The van der Waals surface area contributed by atoms with Crippen molar-refractivity contribution < 1.29 is 34.8 Å². The van der Waals surface area contributed by atoms with E-state index in [1.54, 1.807) is 20.2 Å². The molecular weight excluding hydrogens is 581 g/mol. The summed E-state index contributed by atoms with van der Waals surface area (Å²) in [5.41, 5.74) is 3.37. The average Bonchev–Trinajstić information content (AvgIpc) is 2.78. The molecule has 11 heteroatoms. The van der Waals surface area contributed by atoms with E-state index in [0.717, 1.165) is 5.56 Å². The molecule has 3 aliphatic carbocycles. The third-order valence-corrected chi connectivity index (χ3v) is 7.19. The Morgan fingerprint density at radius 2 is 1.75 bits per heavy atom. The summed E-state index contributed by atoms with van der Waals surface area (Å²) in [5.74, 6) is -6.48. The first-order valence-corrected chi connectivity index (χ1v) is 13.5. The molecule has 1 saturated carbocycles. The number of fused-ring (bicyclic) bond motifs is 3. The van der Waals surface area contributed by atoms with Crippen LogP contribution in [0.15, 0.2) is 29.0 Å². The molecule has 4 atom stereocenters. The van der Waals surface area contributed by atoms with Crippen molar-refractivity contribution in [2.75, 3.05) is 33.1 Å². The van der Waals surface area contributed by atoms with E-state index >= 15 is 0 Å². The second-order valence-corrected chi connectivity index (χ2v) is 9.80. The number of hydrogen-bond donors (Lipinski definition) is 5. The minimum absolute atomic E-state index is 0.0722. The van der Waals surface area contributed by atoms with Crippen LogP contribution in [0.2, 0.25) is 0 Å². The van der Waals surface area contributed by atoms with Crippen molar-refractivity contribution in [2.45, 2.75) is 31.0 Å². The first-order chi connectivity index (χ1) is 16.8. The van der Waals surface area contributed by atoms with E-state index in [9.17, 15) is 34.8 Å². The Labute approximate surface area is 223 Å². The summed E-state index contributed by atoms with van der Waals surface area (Å²) in [7, 11) is 6.91. The van der Waals surface area contributed by atoms with E-state index < -0.39 is 58.0 Å². The van der Waals surface area contributed by atoms with Crippen molar-refractivity contribution in [3.63, 3.8) is 0 Å². The fraction of sp³-hybridized carbons (Fsp3) is 0.480. The SMILES string of the molecule is CI.CN(C)Cc1ccc(O)c2c1C[C@H]1C[C@H]3[C@@H](N(C)C)C(=O)C(C(N)=O)=C(O)[C@@]3(O)C(=O)C1=C2O. The molecule has 0 spiro atoms. The number of hydrogen-bond acceptors (Lipinski definition) is 9. The lowest BCUT2D eigenvalue weighted by Gasteiger charge is -2.50. The van der Waals surface area contributed by atoms with Crippen LogP contribution in [0.4, 0.5) is 0 Å². The van der Waals surface area contributed by atoms with E-state index in [1.165, 1.54) is 11.0 Å². The van der Waals surface area contributed by atoms with Crippen LogP contribution in [0.25, 0.3) is 5.76 Å². The molecule has 10 nitrogen and oxygen atoms in total. The average molecular weight is 613 g/mol. The van der Waals surface area contributed by atoms with E-state index in [2.05, 4.69) is 22.6 Å². The highest BCUT2D eigenvalue weighted by Crippen LogP contribution is 2.52. The number of aromatic hydroxyl groups is 1. The van der Waals surface area contributed by atoms with Crippen LogP contribution in [0.1, 0.15) is 23.1 Å². The molecule has 196 valence electrons. The van der Waals surface area contributed by atoms with Crippen LogP contribution in [0.5, 0.6) is 5.75 Å². The Morgan fingerprint density at radius 1 is 1.14 bits per heavy atom. The maximum absolute atomic E-state index is 13.7. The second kappa shape index (κ2) is 10.1. The first-order valence-electron chi connectivity index (χ1n) is 11.3. The van der Waals surface area contributed by atoms with Crippen molar-refractivity contribution >= 4 is 45.8 Å². The normalized spacial score (nSPS) is 27.4. The van der Waals surface area contributed by atoms with Gasteiger partial charge in [-0.05, 0) is 69.1 Å². The first kappa shape index (κ1) is 28.1. The van der Waals surface area contributed by atoms with Gasteiger partial charge in [-0.25, -0.2) is 0 Å². The number of carbonyl (C=O) groups excluding carboxylic acids is 3. The van der Waals surface area contributed by atoms with Gasteiger partial charge in [-0.2, -0.15) is 0 Å². The number of Topliss-reactive ketones (excluding diaryl/α,β-unsaturated/α-hetero) is 2. The van der Waals surface area contributed by atoms with Gasteiger partial charge in [-0.3, -0.25) is 19.3 Å². The van der Waals surface area contributed by atoms with Crippen molar-refractivity contribution in [3.05, 3.63) is 45.7 Å². The Hall–Kier alpha value is -2.48. The molecule has 36 heavy (non-hydrogen) atoms. The molecule has 0 saturated heterocycles. The third kappa shape index (κ3) is 4.11. The number of nitrogens with two attached hydrogens (primary N) is 1. The lowest BCUT2D eigenvalue weighted by Crippen LogP contribution is -2.65. The highest BCUT2D eigenvalue weighted by molar-refractivity contribution is 14.1. The molecule has 0 heterocycles. The second-order valence-electron chi connectivity index (χ2n) is 9.80. The zero-order valence-corrected chi connectivity index (χ0v) is 23.0. The molecule has 0 radical (unpaired) electrons. The molecule has 0 bridgehead atoms. The number of carbonyl (C=O) groups is 3. The molecule has 0 aliphatic heterocycles. The number of rotatable bonds is 4. The van der Waals surface area contributed by atoms with Gasteiger partial charge in [0.15, 0.2) is 11.4 Å². The van der Waals surface area contributed by atoms with Gasteiger partial charge in [-0.1, -0.05) is 28.7 Å². The van der Waals surface area contributed by atoms with Crippen LogP contribution in [-0.4, -0.2) is 92.5 Å². The summed E-state index contributed by atoms with van der Waals surface area (Å²) in [4.78, 5) is 44.2. The van der Waals surface area contributed by atoms with Gasteiger partial charge in [-0.15, -0.1) is 0 Å². The number of ketones is 2. The van der Waals surface area contributed by atoms with Gasteiger partial charge in [0.25, 0.3) is 5.91 Å². The summed E-state index contributed by atoms with van der Waals surface area (Å²) in [6, 6.07) is 2.10. The molecule has 0 unspecified atom stereocenters. The van der Waals surface area contributed by atoms with E-state index in [0.29, 0.717) is 12.1 Å². The molecule has 1 fully saturated rings. The number of benzene rings is 1. The van der Waals surface area contributed by atoms with Crippen molar-refractivity contribution in [3.8, 4) is 5.75 Å². The molecule has 1 amide bonds. The number of alkyl halides is 1. The Kier molecular flexibility index (Phi) is 7.89. The fourth-order valence-corrected chi connectivity index (χ4v) is 5.80. The maximum Gasteiger partial charge on any atom is 0.255 e. The molecule has 1 aromatic rings. The zero-order chi connectivity index (χ0) is 27.3. The summed E-state index contributed by atoms with van der Waals surface area (Å²) >= 11 is 2.15. The molecule has 1 aromatic carbocycles. The summed E-state index contributed by atoms with van der Waals surface area (Å²) in [6.07, 6.45) is 0.356. The minimum atomic E-state index is -2.62. The maximum atomic E-state index is 13.7. The van der Waals surface area contributed by atoms with Crippen molar-refractivity contribution in [1.82, 2.24) is 9.80 Å². The van der Waals surface area contributed by atoms with Gasteiger partial charge in [0.2, 0.25) is 5.78 Å². The zero-order valence-electron chi connectivity index (χ0n) is 20.9. The van der Waals surface area contributed by atoms with E-state index in [4.69, 9.17) is 5.73 Å². The number of aliphatic hydroxyl groups is 3. The summed E-state index contributed by atoms with van der Waals surface area (Å²) in [6.45, 7) is 0.531. The molecule has 6 N–H and O–H groups in total. The molecule has 0 aromatic heterocycles. The minimum Gasteiger partial charge on any atom is -0.508 e. The summed E-state index contributed by atoms with van der Waals surface area (Å²) in [5, 5.41) is 44.1. The Bertz CT molecular complexity index is 1190. The van der Waals surface area contributed by atoms with E-state index in [-0.39, 0.29) is 29.7 Å². The number of aliphatic hydroxyl groups excluding tert-OH is 2. The van der Waals surface area contributed by atoms with Crippen LogP contribution < -0.4 is 5.73 Å². The third-order valence-electron chi connectivity index (χ3n) is 7.19. The van der Waals surface area contributed by atoms with Gasteiger partial charge in [0.1, 0.15) is 22.8 Å². The number of primary amides is 1. The number of phenolic OH excluding ortho intramolecular Hbond substituents is 1. The predicted molar refractivity (Wildman–Crippen MR) is 142 cm³/mol. The molecule has 3 aliphatic rings. The fourth-order valence-electron chi connectivity index (χ4n) is 5.80. The van der Waals surface area contributed by atoms with Gasteiger partial charge in [0, 0.05) is 18.0 Å². The molecule has 4 rings (SSSR count).